The minimum Gasteiger partial charge on any atom is -0.534 e. The second-order valence-electron chi connectivity index (χ2n) is 6.34. The zero-order valence-electron chi connectivity index (χ0n) is 16.4. The number of nitrogens with one attached hydrogen (secondary N) is 1. The Balaban J connectivity index is 1.94. The van der Waals surface area contributed by atoms with Crippen molar-refractivity contribution < 1.29 is 38.3 Å². The number of para-hydroxylation sites is 1. The van der Waals surface area contributed by atoms with Gasteiger partial charge in [0.05, 0.1) is 25.2 Å². The summed E-state index contributed by atoms with van der Waals surface area (Å²) < 4.78 is 20.1. The molecule has 1 aromatic rings. The number of carbonyl (C=O) groups excluding carboxylic acids is 3. The van der Waals surface area contributed by atoms with Crippen molar-refractivity contribution in [1.29, 1.82) is 0 Å². The van der Waals surface area contributed by atoms with Crippen LogP contribution in [0.1, 0.15) is 42.1 Å². The number of allylic oxidation sites excluding steroid dienone is 1. The molecular formula is C19H24BNO8. The Morgan fingerprint density at radius 2 is 2.07 bits per heavy atom. The van der Waals surface area contributed by atoms with Gasteiger partial charge in [0.2, 0.25) is 12.7 Å². The summed E-state index contributed by atoms with van der Waals surface area (Å²) in [4.78, 5) is 35.5. The fourth-order valence-electron chi connectivity index (χ4n) is 2.66. The Hall–Kier alpha value is -3.01. The predicted molar refractivity (Wildman–Crippen MR) is 103 cm³/mol. The maximum absolute atomic E-state index is 12.3. The smallest absolute Gasteiger partial charge is 0.534 e. The number of ether oxygens (including phenoxy) is 3. The first-order valence-corrected chi connectivity index (χ1v) is 9.16. The molecule has 0 fully saturated rings. The van der Waals surface area contributed by atoms with E-state index in [2.05, 4.69) is 11.9 Å². The minimum absolute atomic E-state index is 0.0468. The lowest BCUT2D eigenvalue weighted by Gasteiger charge is -2.29. The molecule has 1 aromatic carbocycles. The fraction of sp³-hybridized carbons (Fsp3) is 0.421. The Morgan fingerprint density at radius 3 is 2.76 bits per heavy atom. The van der Waals surface area contributed by atoms with Crippen LogP contribution in [-0.2, 0) is 30.2 Å². The molecule has 0 spiro atoms. The zero-order valence-corrected chi connectivity index (χ0v) is 16.4. The van der Waals surface area contributed by atoms with E-state index in [1.165, 1.54) is 13.2 Å². The first kappa shape index (κ1) is 22.3. The molecule has 9 nitrogen and oxygen atoms in total. The molecular weight excluding hydrogens is 381 g/mol. The first-order chi connectivity index (χ1) is 13.8. The number of hydrogen-bond acceptors (Lipinski definition) is 8. The van der Waals surface area contributed by atoms with Gasteiger partial charge in [-0.1, -0.05) is 25.6 Å². The van der Waals surface area contributed by atoms with E-state index in [0.29, 0.717) is 24.2 Å². The van der Waals surface area contributed by atoms with E-state index < -0.39 is 31.8 Å². The molecule has 1 atom stereocenters. The minimum atomic E-state index is -1.31. The Labute approximate surface area is 169 Å². The molecule has 0 aliphatic carbocycles. The highest BCUT2D eigenvalue weighted by atomic mass is 16.7. The van der Waals surface area contributed by atoms with Crippen molar-refractivity contribution in [2.45, 2.75) is 38.5 Å². The summed E-state index contributed by atoms with van der Waals surface area (Å²) in [6.07, 6.45) is 0.921. The van der Waals surface area contributed by atoms with Gasteiger partial charge in [-0.2, -0.15) is 0 Å². The van der Waals surface area contributed by atoms with Crippen LogP contribution >= 0.6 is 0 Å². The molecule has 1 aliphatic heterocycles. The summed E-state index contributed by atoms with van der Waals surface area (Å²) in [6, 6.07) is 4.84. The normalized spacial score (nSPS) is 14.9. The van der Waals surface area contributed by atoms with Crippen molar-refractivity contribution in [3.8, 4) is 5.75 Å². The van der Waals surface area contributed by atoms with Gasteiger partial charge >= 0.3 is 19.1 Å². The molecule has 1 amide bonds. The van der Waals surface area contributed by atoms with E-state index >= 15 is 0 Å². The number of hydrogen-bond donors (Lipinski definition) is 2. The highest BCUT2D eigenvalue weighted by molar-refractivity contribution is 6.47. The zero-order chi connectivity index (χ0) is 21.4. The van der Waals surface area contributed by atoms with Gasteiger partial charge in [0.1, 0.15) is 11.3 Å². The van der Waals surface area contributed by atoms with E-state index in [9.17, 15) is 19.4 Å². The van der Waals surface area contributed by atoms with Gasteiger partial charge in [-0.25, -0.2) is 4.79 Å². The van der Waals surface area contributed by atoms with E-state index in [-0.39, 0.29) is 30.1 Å². The van der Waals surface area contributed by atoms with Gasteiger partial charge < -0.3 is 29.2 Å². The molecule has 0 saturated carbocycles. The quantitative estimate of drug-likeness (QED) is 0.272. The van der Waals surface area contributed by atoms with Gasteiger partial charge in [0, 0.05) is 12.8 Å². The van der Waals surface area contributed by atoms with E-state index in [0.717, 1.165) is 0 Å². The van der Waals surface area contributed by atoms with Crippen LogP contribution < -0.4 is 9.97 Å². The summed E-state index contributed by atoms with van der Waals surface area (Å²) in [5.74, 6) is -1.54. The van der Waals surface area contributed by atoms with Crippen molar-refractivity contribution in [3.05, 3.63) is 41.7 Å². The molecule has 0 aromatic heterocycles. The summed E-state index contributed by atoms with van der Waals surface area (Å²) in [6.45, 7) is 4.74. The molecule has 156 valence electrons. The second kappa shape index (κ2) is 10.5. The van der Waals surface area contributed by atoms with E-state index in [1.54, 1.807) is 19.1 Å². The lowest BCUT2D eigenvalue weighted by atomic mass is 9.72. The van der Waals surface area contributed by atoms with Crippen LogP contribution in [0.3, 0.4) is 0 Å². The third kappa shape index (κ3) is 6.25. The van der Waals surface area contributed by atoms with Crippen molar-refractivity contribution >= 4 is 25.0 Å². The molecule has 1 aliphatic rings. The number of esters is 2. The van der Waals surface area contributed by atoms with Crippen LogP contribution in [0.15, 0.2) is 30.5 Å². The third-order valence-electron chi connectivity index (χ3n) is 4.31. The van der Waals surface area contributed by atoms with Crippen LogP contribution in [0, 0.1) is 0 Å². The number of amides is 1. The van der Waals surface area contributed by atoms with Crippen molar-refractivity contribution in [1.82, 2.24) is 5.32 Å². The molecule has 2 rings (SSSR count). The SMILES string of the molecule is C=C(CCC(=O)OCOC(=O)c1cccc2c1OB(O)C(NC(=O)CC)C2)OC. The van der Waals surface area contributed by atoms with Gasteiger partial charge in [-0.05, 0) is 18.1 Å². The second-order valence-corrected chi connectivity index (χ2v) is 6.34. The fourth-order valence-corrected chi connectivity index (χ4v) is 2.66. The molecule has 1 heterocycles. The number of fused-ring (bicyclic) bond motifs is 1. The van der Waals surface area contributed by atoms with Crippen molar-refractivity contribution in [3.63, 3.8) is 0 Å². The monoisotopic (exact) mass is 405 g/mol. The Bertz CT molecular complexity index is 781. The average Bonchev–Trinajstić information content (AvgIpc) is 2.71. The Kier molecular flexibility index (Phi) is 8.08. The lowest BCUT2D eigenvalue weighted by molar-refractivity contribution is -0.152. The largest absolute Gasteiger partial charge is 0.547 e. The summed E-state index contributed by atoms with van der Waals surface area (Å²) in [5.41, 5.74) is 0.729. The molecule has 1 unspecified atom stereocenters. The topological polar surface area (TPSA) is 120 Å². The van der Waals surface area contributed by atoms with Crippen molar-refractivity contribution in [2.75, 3.05) is 13.9 Å². The average molecular weight is 405 g/mol. The summed E-state index contributed by atoms with van der Waals surface area (Å²) >= 11 is 0. The summed E-state index contributed by atoms with van der Waals surface area (Å²) in [7, 11) is 0.147. The van der Waals surface area contributed by atoms with Crippen molar-refractivity contribution in [2.24, 2.45) is 0 Å². The molecule has 29 heavy (non-hydrogen) atoms. The Morgan fingerprint density at radius 1 is 1.31 bits per heavy atom. The van der Waals surface area contributed by atoms with Crippen LogP contribution in [0.4, 0.5) is 0 Å². The third-order valence-corrected chi connectivity index (χ3v) is 4.31. The number of carbonyl (C=O) groups is 3. The van der Waals surface area contributed by atoms with E-state index in [4.69, 9.17) is 18.9 Å². The van der Waals surface area contributed by atoms with Crippen LogP contribution in [0.5, 0.6) is 5.75 Å². The number of methoxy groups -OCH3 is 1. The maximum atomic E-state index is 12.3. The lowest BCUT2D eigenvalue weighted by Crippen LogP contribution is -2.53. The molecule has 0 bridgehead atoms. The van der Waals surface area contributed by atoms with Crippen LogP contribution in [0.25, 0.3) is 0 Å². The molecule has 10 heteroatoms. The van der Waals surface area contributed by atoms with Crippen LogP contribution in [-0.4, -0.2) is 49.8 Å². The summed E-state index contributed by atoms with van der Waals surface area (Å²) in [5, 5.41) is 12.8. The first-order valence-electron chi connectivity index (χ1n) is 9.16. The number of benzene rings is 1. The number of rotatable bonds is 9. The van der Waals surface area contributed by atoms with Gasteiger partial charge in [-0.15, -0.1) is 0 Å². The van der Waals surface area contributed by atoms with Crippen LogP contribution in [0.2, 0.25) is 0 Å². The van der Waals surface area contributed by atoms with Gasteiger partial charge in [-0.3, -0.25) is 9.59 Å². The highest BCUT2D eigenvalue weighted by Gasteiger charge is 2.37. The molecule has 2 N–H and O–H groups in total. The standard InChI is InChI=1S/C19H24BNO8/c1-4-16(22)21-15-10-13-6-5-7-14(18(13)29-20(15)25)19(24)28-11-27-17(23)9-8-12(2)26-3/h5-7,15,25H,2,4,8-11H2,1,3H3,(H,21,22). The van der Waals surface area contributed by atoms with E-state index in [1.807, 2.05) is 0 Å². The van der Waals surface area contributed by atoms with Gasteiger partial charge in [0.25, 0.3) is 0 Å². The highest BCUT2D eigenvalue weighted by Crippen LogP contribution is 2.30. The predicted octanol–water partition coefficient (Wildman–Crippen LogP) is 1.13. The maximum Gasteiger partial charge on any atom is 0.547 e. The molecule has 0 radical (unpaired) electrons. The molecule has 0 saturated heterocycles. The van der Waals surface area contributed by atoms with Gasteiger partial charge in [0.15, 0.2) is 0 Å².